The quantitative estimate of drug-likeness (QED) is 0.589. The maximum absolute atomic E-state index is 12.4. The van der Waals surface area contributed by atoms with Crippen LogP contribution in [-0.2, 0) is 13.0 Å². The Balaban J connectivity index is 1.38. The second kappa shape index (κ2) is 11.2. The van der Waals surface area contributed by atoms with E-state index in [9.17, 15) is 4.79 Å². The number of rotatable bonds is 9. The van der Waals surface area contributed by atoms with Gasteiger partial charge in [0.2, 0.25) is 0 Å². The van der Waals surface area contributed by atoms with Crippen LogP contribution in [0.5, 0.6) is 5.75 Å². The summed E-state index contributed by atoms with van der Waals surface area (Å²) in [6.45, 7) is 10.4. The Labute approximate surface area is 181 Å². The fourth-order valence-electron chi connectivity index (χ4n) is 4.05. The van der Waals surface area contributed by atoms with Crippen LogP contribution >= 0.6 is 0 Å². The highest BCUT2D eigenvalue weighted by molar-refractivity contribution is 5.94. The van der Waals surface area contributed by atoms with Gasteiger partial charge < -0.3 is 10.1 Å². The molecule has 1 heterocycles. The van der Waals surface area contributed by atoms with Gasteiger partial charge in [0.1, 0.15) is 5.75 Å². The number of aryl methyl sites for hydroxylation is 1. The molecule has 1 N–H and O–H groups in total. The highest BCUT2D eigenvalue weighted by Gasteiger charge is 2.16. The lowest BCUT2D eigenvalue weighted by molar-refractivity contribution is 0.0953. The topological polar surface area (TPSA) is 41.6 Å². The van der Waals surface area contributed by atoms with Crippen molar-refractivity contribution >= 4 is 5.91 Å². The van der Waals surface area contributed by atoms with E-state index in [-0.39, 0.29) is 12.0 Å². The fourth-order valence-corrected chi connectivity index (χ4v) is 4.05. The number of nitrogens with zero attached hydrogens (tertiary/aromatic N) is 1. The van der Waals surface area contributed by atoms with E-state index in [4.69, 9.17) is 4.74 Å². The van der Waals surface area contributed by atoms with Gasteiger partial charge in [-0.15, -0.1) is 0 Å². The average molecular weight is 409 g/mol. The predicted molar refractivity (Wildman–Crippen MR) is 123 cm³/mol. The third kappa shape index (κ3) is 7.17. The van der Waals surface area contributed by atoms with Crippen molar-refractivity contribution in [3.05, 3.63) is 65.2 Å². The summed E-state index contributed by atoms with van der Waals surface area (Å²) in [6, 6.07) is 16.3. The Morgan fingerprint density at radius 2 is 1.80 bits per heavy atom. The Morgan fingerprint density at radius 1 is 1.10 bits per heavy atom. The van der Waals surface area contributed by atoms with Crippen LogP contribution in [0.2, 0.25) is 0 Å². The van der Waals surface area contributed by atoms with Crippen LogP contribution in [0.25, 0.3) is 0 Å². The van der Waals surface area contributed by atoms with Crippen molar-refractivity contribution in [2.24, 2.45) is 5.92 Å². The van der Waals surface area contributed by atoms with Crippen molar-refractivity contribution < 1.29 is 9.53 Å². The second-order valence-electron chi connectivity index (χ2n) is 8.85. The first-order valence-electron chi connectivity index (χ1n) is 11.3. The fraction of sp³-hybridized carbons (Fsp3) is 0.500. The third-order valence-electron chi connectivity index (χ3n) is 5.59. The molecule has 1 amide bonds. The monoisotopic (exact) mass is 408 g/mol. The molecule has 2 aromatic rings. The van der Waals surface area contributed by atoms with Gasteiger partial charge in [0, 0.05) is 25.2 Å². The van der Waals surface area contributed by atoms with Crippen LogP contribution in [0.3, 0.4) is 0 Å². The van der Waals surface area contributed by atoms with E-state index in [0.717, 1.165) is 36.6 Å². The van der Waals surface area contributed by atoms with Crippen molar-refractivity contribution in [3.63, 3.8) is 0 Å². The van der Waals surface area contributed by atoms with E-state index in [1.807, 2.05) is 38.1 Å². The van der Waals surface area contributed by atoms with E-state index >= 15 is 0 Å². The summed E-state index contributed by atoms with van der Waals surface area (Å²) in [7, 11) is 0. The summed E-state index contributed by atoms with van der Waals surface area (Å²) in [5.74, 6) is 1.70. The Hall–Kier alpha value is -2.33. The zero-order chi connectivity index (χ0) is 21.3. The lowest BCUT2D eigenvalue weighted by Crippen LogP contribution is -2.33. The largest absolute Gasteiger partial charge is 0.491 e. The van der Waals surface area contributed by atoms with Gasteiger partial charge in [-0.3, -0.25) is 9.69 Å². The molecule has 3 rings (SSSR count). The van der Waals surface area contributed by atoms with E-state index in [0.29, 0.717) is 6.54 Å². The summed E-state index contributed by atoms with van der Waals surface area (Å²) >= 11 is 0. The molecule has 1 aliphatic rings. The maximum Gasteiger partial charge on any atom is 0.251 e. The Morgan fingerprint density at radius 3 is 2.47 bits per heavy atom. The van der Waals surface area contributed by atoms with Crippen LogP contribution in [0.4, 0.5) is 0 Å². The van der Waals surface area contributed by atoms with E-state index in [1.165, 1.54) is 37.1 Å². The molecule has 4 heteroatoms. The number of carbonyl (C=O) groups is 1. The van der Waals surface area contributed by atoms with Crippen molar-refractivity contribution in [2.45, 2.75) is 59.1 Å². The smallest absolute Gasteiger partial charge is 0.251 e. The maximum atomic E-state index is 12.4. The molecule has 0 aliphatic carbocycles. The molecule has 0 bridgehead atoms. The standard InChI is InChI=1S/C26H36N2O2/c1-20(2)30-25-14-10-22(11-15-25)7-4-16-27-26(29)24-12-8-23(9-13-24)19-28-17-5-6-21(3)18-28/h8-15,20-21H,4-7,16-19H2,1-3H3,(H,27,29)/t21-/m1/s1. The SMILES string of the molecule is CC(C)Oc1ccc(CCCNC(=O)c2ccc(CN3CCC[C@@H](C)C3)cc2)cc1. The number of amides is 1. The number of likely N-dealkylation sites (tertiary alicyclic amines) is 1. The predicted octanol–water partition coefficient (Wildman–Crippen LogP) is 5.07. The van der Waals surface area contributed by atoms with Gasteiger partial charge in [-0.05, 0) is 87.4 Å². The first-order chi connectivity index (χ1) is 14.5. The van der Waals surface area contributed by atoms with Gasteiger partial charge in [-0.1, -0.05) is 31.2 Å². The molecular formula is C26H36N2O2. The van der Waals surface area contributed by atoms with Gasteiger partial charge in [0.15, 0.2) is 0 Å². The highest BCUT2D eigenvalue weighted by atomic mass is 16.5. The van der Waals surface area contributed by atoms with Crippen LogP contribution in [0.1, 0.15) is 61.5 Å². The minimum absolute atomic E-state index is 0.00817. The minimum Gasteiger partial charge on any atom is -0.491 e. The van der Waals surface area contributed by atoms with Gasteiger partial charge >= 0.3 is 0 Å². The van der Waals surface area contributed by atoms with Gasteiger partial charge in [0.05, 0.1) is 6.10 Å². The van der Waals surface area contributed by atoms with Crippen LogP contribution in [0.15, 0.2) is 48.5 Å². The number of carbonyl (C=O) groups excluding carboxylic acids is 1. The van der Waals surface area contributed by atoms with Crippen molar-refractivity contribution in [3.8, 4) is 5.75 Å². The molecule has 0 spiro atoms. The summed E-state index contributed by atoms with van der Waals surface area (Å²) in [5, 5.41) is 3.04. The summed E-state index contributed by atoms with van der Waals surface area (Å²) in [6.07, 6.45) is 4.68. The number of benzene rings is 2. The normalized spacial score (nSPS) is 17.1. The molecule has 2 aromatic carbocycles. The highest BCUT2D eigenvalue weighted by Crippen LogP contribution is 2.18. The molecule has 1 aliphatic heterocycles. The average Bonchev–Trinajstić information content (AvgIpc) is 2.72. The van der Waals surface area contributed by atoms with Crippen molar-refractivity contribution in [1.29, 1.82) is 0 Å². The van der Waals surface area contributed by atoms with Crippen molar-refractivity contribution in [1.82, 2.24) is 10.2 Å². The molecule has 0 radical (unpaired) electrons. The Bertz CT molecular complexity index is 784. The number of hydrogen-bond donors (Lipinski definition) is 1. The molecule has 0 saturated carbocycles. The Kier molecular flexibility index (Phi) is 8.32. The van der Waals surface area contributed by atoms with Gasteiger partial charge in [-0.2, -0.15) is 0 Å². The van der Waals surface area contributed by atoms with E-state index in [1.54, 1.807) is 0 Å². The molecule has 1 atom stereocenters. The molecule has 4 nitrogen and oxygen atoms in total. The first kappa shape index (κ1) is 22.4. The zero-order valence-electron chi connectivity index (χ0n) is 18.7. The molecule has 0 unspecified atom stereocenters. The minimum atomic E-state index is 0.00817. The number of nitrogens with one attached hydrogen (secondary N) is 1. The third-order valence-corrected chi connectivity index (χ3v) is 5.59. The van der Waals surface area contributed by atoms with E-state index < -0.39 is 0 Å². The van der Waals surface area contributed by atoms with Gasteiger partial charge in [-0.25, -0.2) is 0 Å². The summed E-state index contributed by atoms with van der Waals surface area (Å²) in [5.41, 5.74) is 3.28. The molecule has 1 fully saturated rings. The lowest BCUT2D eigenvalue weighted by atomic mass is 9.99. The number of hydrogen-bond acceptors (Lipinski definition) is 3. The summed E-state index contributed by atoms with van der Waals surface area (Å²) in [4.78, 5) is 14.9. The number of ether oxygens (including phenoxy) is 1. The van der Waals surface area contributed by atoms with Crippen molar-refractivity contribution in [2.75, 3.05) is 19.6 Å². The molecule has 0 aromatic heterocycles. The lowest BCUT2D eigenvalue weighted by Gasteiger charge is -2.30. The molecule has 162 valence electrons. The van der Waals surface area contributed by atoms with Crippen LogP contribution in [0, 0.1) is 5.92 Å². The zero-order valence-corrected chi connectivity index (χ0v) is 18.7. The second-order valence-corrected chi connectivity index (χ2v) is 8.85. The number of piperidine rings is 1. The van der Waals surface area contributed by atoms with Crippen LogP contribution < -0.4 is 10.1 Å². The van der Waals surface area contributed by atoms with E-state index in [2.05, 4.69) is 41.4 Å². The van der Waals surface area contributed by atoms with Gasteiger partial charge in [0.25, 0.3) is 5.91 Å². The molecule has 30 heavy (non-hydrogen) atoms. The first-order valence-corrected chi connectivity index (χ1v) is 11.3. The summed E-state index contributed by atoms with van der Waals surface area (Å²) < 4.78 is 5.67. The van der Waals surface area contributed by atoms with Crippen LogP contribution in [-0.4, -0.2) is 36.5 Å². The molecular weight excluding hydrogens is 372 g/mol. The molecule has 1 saturated heterocycles.